The Kier molecular flexibility index (Phi) is 7.59. The second-order valence-electron chi connectivity index (χ2n) is 15.1. The molecule has 0 amide bonds. The maximum atomic E-state index is 13.8. The van der Waals surface area contributed by atoms with Gasteiger partial charge < -0.3 is 4.74 Å². The van der Waals surface area contributed by atoms with Crippen molar-refractivity contribution in [2.75, 3.05) is 6.61 Å². The van der Waals surface area contributed by atoms with E-state index in [4.69, 9.17) is 9.29 Å². The number of rotatable bonds is 9. The first-order valence-electron chi connectivity index (χ1n) is 15.6. The van der Waals surface area contributed by atoms with E-state index in [1.165, 1.54) is 13.3 Å². The number of allylic oxidation sites excluding steroid dienone is 2. The summed E-state index contributed by atoms with van der Waals surface area (Å²) in [5.41, 5.74) is 0.416. The minimum atomic E-state index is -4.67. The molecule has 12 atom stereocenters. The molecule has 9 heteroatoms. The maximum Gasteiger partial charge on any atom is 0.397 e. The summed E-state index contributed by atoms with van der Waals surface area (Å²) >= 11 is 0. The van der Waals surface area contributed by atoms with Gasteiger partial charge in [0.2, 0.25) is 0 Å². The van der Waals surface area contributed by atoms with E-state index in [0.717, 1.165) is 32.1 Å². The molecule has 0 heterocycles. The number of ketones is 2. The normalized spacial score (nSPS) is 44.1. The third-order valence-corrected chi connectivity index (χ3v) is 13.8. The molecule has 2 spiro atoms. The average Bonchev–Trinajstić information content (AvgIpc) is 3.51. The molecular weight excluding hydrogens is 556 g/mol. The molecule has 42 heavy (non-hydrogen) atoms. The van der Waals surface area contributed by atoms with E-state index in [9.17, 15) is 22.8 Å². The van der Waals surface area contributed by atoms with Crippen LogP contribution in [0.25, 0.3) is 0 Å². The molecule has 4 fully saturated rings. The topological polar surface area (TPSA) is 124 Å². The molecule has 5 aliphatic rings. The van der Waals surface area contributed by atoms with Gasteiger partial charge in [-0.05, 0) is 95.5 Å². The molecule has 0 aromatic carbocycles. The van der Waals surface area contributed by atoms with E-state index in [1.807, 2.05) is 13.0 Å². The largest absolute Gasteiger partial charge is 0.454 e. The Hall–Kier alpha value is -1.84. The molecule has 4 saturated carbocycles. The monoisotopic (exact) mass is 604 g/mol. The van der Waals surface area contributed by atoms with Crippen LogP contribution in [0, 0.1) is 63.1 Å². The van der Waals surface area contributed by atoms with E-state index in [0.29, 0.717) is 17.8 Å². The minimum absolute atomic E-state index is 0.0358. The summed E-state index contributed by atoms with van der Waals surface area (Å²) in [4.78, 5) is 38.7. The molecule has 0 bridgehead atoms. The van der Waals surface area contributed by atoms with Crippen molar-refractivity contribution in [3.05, 3.63) is 24.3 Å². The summed E-state index contributed by atoms with van der Waals surface area (Å²) < 4.78 is 41.4. The van der Waals surface area contributed by atoms with Crippen LogP contribution in [0.15, 0.2) is 24.3 Å². The minimum Gasteiger partial charge on any atom is -0.454 e. The van der Waals surface area contributed by atoms with Crippen LogP contribution < -0.4 is 0 Å². The van der Waals surface area contributed by atoms with Crippen LogP contribution in [0.1, 0.15) is 87.0 Å². The smallest absolute Gasteiger partial charge is 0.397 e. The quantitative estimate of drug-likeness (QED) is 0.200. The van der Waals surface area contributed by atoms with Crippen LogP contribution in [0.4, 0.5) is 0 Å². The van der Waals surface area contributed by atoms with Crippen molar-refractivity contribution in [2.45, 2.75) is 93.1 Å². The molecule has 234 valence electrons. The lowest BCUT2D eigenvalue weighted by molar-refractivity contribution is -0.162. The third-order valence-electron chi connectivity index (χ3n) is 13.3. The van der Waals surface area contributed by atoms with Crippen molar-refractivity contribution in [1.29, 1.82) is 0 Å². The highest BCUT2D eigenvalue weighted by Crippen LogP contribution is 2.87. The zero-order valence-electron chi connectivity index (χ0n) is 26.1. The summed E-state index contributed by atoms with van der Waals surface area (Å²) in [7, 11) is -4.67. The standard InChI is InChI=1S/C33H48O8S/c1-18-15-31(8)26-10-9-24-21(4)25(35)11-12-32(24)17-33(26,32)14-13-30(31,7)27(18)22(5)29(41-23(6)34)28(36)20(3)19(2)16-40-42(37,38)39/h11-12,18-19,21-22,24,26-27,29H,3,9-10,13-17H2,1-2,4-8H3,(H,37,38,39)/t18-,19-,21-,22-,24-,26-,27+,29+,30+,31-,32+,33-/m0/s1. The molecule has 0 aromatic rings. The van der Waals surface area contributed by atoms with Crippen LogP contribution in [-0.2, 0) is 33.7 Å². The van der Waals surface area contributed by atoms with Gasteiger partial charge >= 0.3 is 16.4 Å². The molecule has 0 radical (unpaired) electrons. The maximum absolute atomic E-state index is 13.8. The van der Waals surface area contributed by atoms with Gasteiger partial charge in [-0.25, -0.2) is 4.18 Å². The first kappa shape index (κ1) is 31.6. The molecule has 5 aliphatic carbocycles. The van der Waals surface area contributed by atoms with Gasteiger partial charge in [-0.2, -0.15) is 8.42 Å². The summed E-state index contributed by atoms with van der Waals surface area (Å²) in [6.45, 7) is 17.6. The second kappa shape index (κ2) is 10.1. The number of fused-ring (bicyclic) bond motifs is 2. The van der Waals surface area contributed by atoms with Crippen LogP contribution in [0.5, 0.6) is 0 Å². The summed E-state index contributed by atoms with van der Waals surface area (Å²) in [6.07, 6.45) is 9.60. The third kappa shape index (κ3) is 4.42. The van der Waals surface area contributed by atoms with Crippen LogP contribution in [0.2, 0.25) is 0 Å². The number of esters is 1. The summed E-state index contributed by atoms with van der Waals surface area (Å²) in [5, 5.41) is 0. The fraction of sp³-hybridized carbons (Fsp3) is 0.788. The number of carbonyl (C=O) groups is 3. The van der Waals surface area contributed by atoms with E-state index in [2.05, 4.69) is 44.5 Å². The number of hydrogen-bond donors (Lipinski definition) is 1. The average molecular weight is 605 g/mol. The van der Waals surface area contributed by atoms with Crippen molar-refractivity contribution in [3.8, 4) is 0 Å². The number of carbonyl (C=O) groups excluding carboxylic acids is 3. The lowest BCUT2D eigenvalue weighted by Crippen LogP contribution is -2.56. The zero-order chi connectivity index (χ0) is 31.2. The highest BCUT2D eigenvalue weighted by atomic mass is 32.3. The van der Waals surface area contributed by atoms with E-state index in [-0.39, 0.29) is 50.8 Å². The Labute approximate surface area is 251 Å². The Morgan fingerprint density at radius 2 is 1.81 bits per heavy atom. The van der Waals surface area contributed by atoms with Gasteiger partial charge in [-0.3, -0.25) is 18.9 Å². The molecule has 1 N–H and O–H groups in total. The lowest BCUT2D eigenvalue weighted by atomic mass is 9.43. The van der Waals surface area contributed by atoms with Crippen molar-refractivity contribution in [3.63, 3.8) is 0 Å². The summed E-state index contributed by atoms with van der Waals surface area (Å²) in [5.74, 6) is -0.282. The Morgan fingerprint density at radius 3 is 2.43 bits per heavy atom. The second-order valence-corrected chi connectivity index (χ2v) is 16.2. The zero-order valence-corrected chi connectivity index (χ0v) is 27.0. The molecular formula is C33H48O8S. The number of Topliss-reactive ketones (excluding diaryl/α,β-unsaturated/α-hetero) is 1. The van der Waals surface area contributed by atoms with Crippen LogP contribution >= 0.6 is 0 Å². The van der Waals surface area contributed by atoms with Gasteiger partial charge in [0.1, 0.15) is 0 Å². The van der Waals surface area contributed by atoms with Crippen molar-refractivity contribution >= 4 is 27.9 Å². The highest BCUT2D eigenvalue weighted by Gasteiger charge is 2.81. The van der Waals surface area contributed by atoms with Crippen molar-refractivity contribution < 1.29 is 36.3 Å². The number of hydrogen-bond acceptors (Lipinski definition) is 7. The molecule has 5 rings (SSSR count). The van der Waals surface area contributed by atoms with E-state index < -0.39 is 40.8 Å². The van der Waals surface area contributed by atoms with Gasteiger partial charge in [0.05, 0.1) is 6.61 Å². The number of ether oxygens (including phenoxy) is 1. The van der Waals surface area contributed by atoms with Gasteiger partial charge in [-0.1, -0.05) is 54.2 Å². The predicted molar refractivity (Wildman–Crippen MR) is 157 cm³/mol. The van der Waals surface area contributed by atoms with Gasteiger partial charge in [0.25, 0.3) is 0 Å². The highest BCUT2D eigenvalue weighted by molar-refractivity contribution is 7.80. The van der Waals surface area contributed by atoms with Gasteiger partial charge in [-0.15, -0.1) is 0 Å². The molecule has 0 aliphatic heterocycles. The molecule has 0 unspecified atom stereocenters. The van der Waals surface area contributed by atoms with Gasteiger partial charge in [0, 0.05) is 24.7 Å². The Morgan fingerprint density at radius 1 is 1.14 bits per heavy atom. The van der Waals surface area contributed by atoms with Crippen molar-refractivity contribution in [2.24, 2.45) is 63.1 Å². The van der Waals surface area contributed by atoms with Crippen LogP contribution in [0.3, 0.4) is 0 Å². The lowest BCUT2D eigenvalue weighted by Gasteiger charge is -2.61. The van der Waals surface area contributed by atoms with E-state index in [1.54, 1.807) is 6.92 Å². The fourth-order valence-electron chi connectivity index (χ4n) is 11.4. The molecule has 0 aromatic heterocycles. The van der Waals surface area contributed by atoms with Gasteiger partial charge in [0.15, 0.2) is 17.7 Å². The first-order chi connectivity index (χ1) is 19.4. The fourth-order valence-corrected chi connectivity index (χ4v) is 11.8. The van der Waals surface area contributed by atoms with E-state index >= 15 is 0 Å². The Bertz CT molecular complexity index is 1330. The molecule has 8 nitrogen and oxygen atoms in total. The summed E-state index contributed by atoms with van der Waals surface area (Å²) in [6, 6.07) is 0. The van der Waals surface area contributed by atoms with Crippen LogP contribution in [-0.4, -0.2) is 43.2 Å². The predicted octanol–water partition coefficient (Wildman–Crippen LogP) is 5.78. The van der Waals surface area contributed by atoms with Crippen molar-refractivity contribution in [1.82, 2.24) is 0 Å². The molecule has 0 saturated heterocycles. The Balaban J connectivity index is 1.43. The SMILES string of the molecule is C=C(C(=O)[C@H](OC(C)=O)[C@@H](C)[C@H]1[C@@H](C)C[C@@]2(C)[C@@H]3CC[C@H]4[C@H](C)C(=O)C=C[C@@]45C[C@@]35CC[C@]12C)[C@@H](C)COS(=O)(=O)O. The first-order valence-corrected chi connectivity index (χ1v) is 17.0.